The highest BCUT2D eigenvalue weighted by Gasteiger charge is 2.56. The van der Waals surface area contributed by atoms with E-state index < -0.39 is 39.6 Å². The maximum atomic E-state index is 14.6. The Kier molecular flexibility index (Phi) is 7.32. The lowest BCUT2D eigenvalue weighted by Gasteiger charge is -2.44. The molecule has 2 aromatic rings. The van der Waals surface area contributed by atoms with Gasteiger partial charge in [0.15, 0.2) is 0 Å². The fourth-order valence-corrected chi connectivity index (χ4v) is 5.68. The first kappa shape index (κ1) is 25.1. The number of amides is 1. The summed E-state index contributed by atoms with van der Waals surface area (Å²) in [5.41, 5.74) is 0.240. The Balaban J connectivity index is 2.31. The number of fused-ring (bicyclic) bond motifs is 1. The Morgan fingerprint density at radius 2 is 2.09 bits per heavy atom. The van der Waals surface area contributed by atoms with Crippen molar-refractivity contribution in [1.29, 1.82) is 0 Å². The summed E-state index contributed by atoms with van der Waals surface area (Å²) in [5, 5.41) is 10.2. The number of nitrogens with zero attached hydrogens (tertiary/aromatic N) is 1. The molecule has 0 saturated heterocycles. The highest BCUT2D eigenvalue weighted by atomic mass is 79.9. The number of hydrogen-bond acceptors (Lipinski definition) is 3. The van der Waals surface area contributed by atoms with Gasteiger partial charge in [0, 0.05) is 22.3 Å². The molecule has 1 heterocycles. The molecule has 3 atom stereocenters. The number of carboxylic acid groups (broad SMARTS) is 1. The van der Waals surface area contributed by atoms with Crippen LogP contribution >= 0.6 is 27.5 Å². The van der Waals surface area contributed by atoms with Crippen molar-refractivity contribution in [2.45, 2.75) is 49.9 Å². The van der Waals surface area contributed by atoms with Crippen LogP contribution in [0.15, 0.2) is 53.5 Å². The van der Waals surface area contributed by atoms with E-state index in [0.29, 0.717) is 22.0 Å². The van der Waals surface area contributed by atoms with Gasteiger partial charge in [-0.15, -0.1) is 11.3 Å². The van der Waals surface area contributed by atoms with E-state index in [0.717, 1.165) is 6.07 Å². The molecule has 1 aliphatic heterocycles. The van der Waals surface area contributed by atoms with Crippen molar-refractivity contribution in [2.75, 3.05) is 4.90 Å². The number of carbonyl (C=O) groups is 1. The van der Waals surface area contributed by atoms with E-state index in [9.17, 15) is 18.8 Å². The number of anilines is 1. The Morgan fingerprint density at radius 1 is 1.47 bits per heavy atom. The zero-order chi connectivity index (χ0) is 23.8. The summed E-state index contributed by atoms with van der Waals surface area (Å²) in [4.78, 5) is 13.8. The first-order valence-electron chi connectivity index (χ1n) is 9.99. The van der Waals surface area contributed by atoms with Crippen LogP contribution in [0.2, 0.25) is 5.02 Å². The zero-order valence-electron chi connectivity index (χ0n) is 18.0. The van der Waals surface area contributed by atoms with Crippen LogP contribution < -0.4 is 9.62 Å². The highest BCUT2D eigenvalue weighted by Crippen LogP contribution is 2.52. The first-order valence-corrected chi connectivity index (χ1v) is 12.3. The summed E-state index contributed by atoms with van der Waals surface area (Å²) in [7, 11) is 0. The molecule has 1 aliphatic rings. The molecule has 0 saturated carbocycles. The molecule has 172 valence electrons. The Labute approximate surface area is 204 Å². The third kappa shape index (κ3) is 4.31. The van der Waals surface area contributed by atoms with Crippen LogP contribution in [0.1, 0.15) is 38.3 Å². The molecule has 1 amide bonds. The third-order valence-electron chi connectivity index (χ3n) is 5.58. The van der Waals surface area contributed by atoms with Gasteiger partial charge in [0.2, 0.25) is 0 Å². The molecule has 0 radical (unpaired) electrons. The maximum Gasteiger partial charge on any atom is 0.412 e. The van der Waals surface area contributed by atoms with E-state index in [1.807, 2.05) is 51.1 Å². The molecule has 0 fully saturated rings. The average Bonchev–Trinajstić information content (AvgIpc) is 3.08. The second kappa shape index (κ2) is 9.35. The molecule has 2 N–H and O–H groups in total. The lowest BCUT2D eigenvalue weighted by Crippen LogP contribution is -2.62. The van der Waals surface area contributed by atoms with E-state index in [2.05, 4.69) is 27.2 Å². The monoisotopic (exact) mass is 542 g/mol. The summed E-state index contributed by atoms with van der Waals surface area (Å²) < 4.78 is 30.6. The van der Waals surface area contributed by atoms with Crippen molar-refractivity contribution in [2.24, 2.45) is 0 Å². The van der Waals surface area contributed by atoms with Crippen LogP contribution in [0.4, 0.5) is 14.9 Å². The van der Waals surface area contributed by atoms with Gasteiger partial charge in [0.1, 0.15) is 16.1 Å². The minimum Gasteiger partial charge on any atom is -0.598 e. The number of rotatable bonds is 6. The van der Waals surface area contributed by atoms with Crippen molar-refractivity contribution >= 4 is 50.7 Å². The lowest BCUT2D eigenvalue weighted by molar-refractivity contribution is 0.187. The second-order valence-corrected chi connectivity index (χ2v) is 11.8. The fraction of sp³-hybridized carbons (Fsp3) is 0.348. The van der Waals surface area contributed by atoms with Gasteiger partial charge in [-0.05, 0) is 60.3 Å². The van der Waals surface area contributed by atoms with Gasteiger partial charge in [-0.25, -0.2) is 9.18 Å². The van der Waals surface area contributed by atoms with E-state index in [4.69, 9.17) is 11.6 Å². The predicted molar refractivity (Wildman–Crippen MR) is 131 cm³/mol. The van der Waals surface area contributed by atoms with Crippen molar-refractivity contribution in [3.63, 3.8) is 0 Å². The minimum atomic E-state index is -1.50. The molecular weight excluding hydrogens is 519 g/mol. The minimum absolute atomic E-state index is 0.107. The van der Waals surface area contributed by atoms with Gasteiger partial charge in [-0.3, -0.25) is 4.90 Å². The largest absolute Gasteiger partial charge is 0.598 e. The number of halogens is 3. The Morgan fingerprint density at radius 3 is 2.62 bits per heavy atom. The van der Waals surface area contributed by atoms with Gasteiger partial charge in [-0.2, -0.15) is 0 Å². The summed E-state index contributed by atoms with van der Waals surface area (Å²) >= 11 is 8.00. The van der Waals surface area contributed by atoms with Crippen LogP contribution in [0.25, 0.3) is 0 Å². The van der Waals surface area contributed by atoms with E-state index in [1.165, 1.54) is 4.90 Å². The standard InChI is InChI=1S/C23H25BrClFN2O3S/c1-5-9-18(27-32(31)22(2,3)4)23(14-10-7-6-8-11-14)13-15-17(28(23)21(29)30)12-16(26)20(25)19(15)24/h5-8,10-12,18,27H,1,9,13H2,2-4H3,(H,29,30)/t18-,23?,32-/m1/s1. The number of hydrogen-bond donors (Lipinski definition) is 2. The van der Waals surface area contributed by atoms with Crippen molar-refractivity contribution in [3.05, 3.63) is 75.5 Å². The van der Waals surface area contributed by atoms with Crippen LogP contribution in [0, 0.1) is 5.82 Å². The number of benzene rings is 2. The summed E-state index contributed by atoms with van der Waals surface area (Å²) in [6.45, 7) is 9.34. The van der Waals surface area contributed by atoms with Crippen LogP contribution in [0.5, 0.6) is 0 Å². The molecular formula is C23H25BrClFN2O3S. The summed E-state index contributed by atoms with van der Waals surface area (Å²) in [5.74, 6) is -0.723. The molecule has 2 aromatic carbocycles. The molecule has 1 unspecified atom stereocenters. The van der Waals surface area contributed by atoms with Gasteiger partial charge in [0.25, 0.3) is 0 Å². The molecule has 0 aromatic heterocycles. The number of nitrogens with one attached hydrogen (secondary N) is 1. The Bertz CT molecular complexity index is 1030. The van der Waals surface area contributed by atoms with Gasteiger partial charge in [0.05, 0.1) is 16.8 Å². The molecule has 32 heavy (non-hydrogen) atoms. The van der Waals surface area contributed by atoms with Crippen molar-refractivity contribution in [3.8, 4) is 0 Å². The van der Waals surface area contributed by atoms with Gasteiger partial charge < -0.3 is 9.66 Å². The van der Waals surface area contributed by atoms with Crippen molar-refractivity contribution in [1.82, 2.24) is 4.72 Å². The maximum absolute atomic E-state index is 14.6. The molecule has 3 rings (SSSR count). The van der Waals surface area contributed by atoms with Gasteiger partial charge >= 0.3 is 6.09 Å². The van der Waals surface area contributed by atoms with Crippen molar-refractivity contribution < 1.29 is 18.8 Å². The quantitative estimate of drug-likeness (QED) is 0.259. The van der Waals surface area contributed by atoms with E-state index >= 15 is 0 Å². The lowest BCUT2D eigenvalue weighted by atomic mass is 9.78. The smallest absolute Gasteiger partial charge is 0.412 e. The topological polar surface area (TPSA) is 75.6 Å². The molecule has 0 bridgehead atoms. The Hall–Kier alpha value is -1.58. The highest BCUT2D eigenvalue weighted by molar-refractivity contribution is 9.10. The van der Waals surface area contributed by atoms with Crippen LogP contribution in [-0.2, 0) is 23.3 Å². The molecule has 0 spiro atoms. The summed E-state index contributed by atoms with van der Waals surface area (Å²) in [6, 6.07) is 9.63. The molecule has 5 nitrogen and oxygen atoms in total. The molecule has 0 aliphatic carbocycles. The zero-order valence-corrected chi connectivity index (χ0v) is 21.2. The normalized spacial score (nSPS) is 20.0. The second-order valence-electron chi connectivity index (χ2n) is 8.64. The average molecular weight is 544 g/mol. The third-order valence-corrected chi connectivity index (χ3v) is 8.66. The van der Waals surface area contributed by atoms with E-state index in [-0.39, 0.29) is 17.1 Å². The van der Waals surface area contributed by atoms with Gasteiger partial charge in [-0.1, -0.05) is 48.0 Å². The van der Waals surface area contributed by atoms with Crippen LogP contribution in [0.3, 0.4) is 0 Å². The molecule has 9 heteroatoms. The summed E-state index contributed by atoms with van der Waals surface area (Å²) in [6.07, 6.45) is 0.932. The van der Waals surface area contributed by atoms with E-state index in [1.54, 1.807) is 6.08 Å². The SMILES string of the molecule is C=CC[C@@H](N[S@+]([O-])C(C)(C)C)C1(c2ccccc2)Cc2c(cc(F)c(Cl)c2Br)N1C(=O)O. The predicted octanol–water partition coefficient (Wildman–Crippen LogP) is 6.17. The van der Waals surface area contributed by atoms with Crippen LogP contribution in [-0.4, -0.2) is 26.5 Å². The first-order chi connectivity index (χ1) is 14.9. The fourth-order valence-electron chi connectivity index (χ4n) is 4.08.